The van der Waals surface area contributed by atoms with Gasteiger partial charge in [-0.05, 0) is 83.5 Å². The number of anilines is 2. The van der Waals surface area contributed by atoms with Crippen LogP contribution in [0.2, 0.25) is 5.02 Å². The fourth-order valence-electron chi connectivity index (χ4n) is 8.65. The molecule has 43 heavy (non-hydrogen) atoms. The predicted molar refractivity (Wildman–Crippen MR) is 171 cm³/mol. The second kappa shape index (κ2) is 10.3. The van der Waals surface area contributed by atoms with Crippen molar-refractivity contribution in [1.82, 2.24) is 19.6 Å². The van der Waals surface area contributed by atoms with Crippen LogP contribution in [0.25, 0.3) is 11.1 Å². The Balaban J connectivity index is 1.27. The lowest BCUT2D eigenvalue weighted by atomic mass is 9.60. The first-order valence-corrected chi connectivity index (χ1v) is 16.2. The zero-order chi connectivity index (χ0) is 30.3. The lowest BCUT2D eigenvalue weighted by Crippen LogP contribution is -2.64. The number of carbonyl (C=O) groups excluding carboxylic acids is 1. The first-order valence-electron chi connectivity index (χ1n) is 15.8. The van der Waals surface area contributed by atoms with E-state index >= 15 is 0 Å². The molecule has 9 nitrogen and oxygen atoms in total. The summed E-state index contributed by atoms with van der Waals surface area (Å²) in [4.78, 5) is 19.2. The van der Waals surface area contributed by atoms with Crippen LogP contribution in [0.4, 0.5) is 11.5 Å². The van der Waals surface area contributed by atoms with Crippen molar-refractivity contribution < 1.29 is 9.53 Å². The number of halogens is 1. The summed E-state index contributed by atoms with van der Waals surface area (Å²) in [6.45, 7) is 12.0. The normalized spacial score (nSPS) is 24.4. The van der Waals surface area contributed by atoms with Crippen molar-refractivity contribution in [2.45, 2.75) is 82.5 Å². The number of hydrogen-bond donors (Lipinski definition) is 2. The second-order valence-electron chi connectivity index (χ2n) is 14.0. The maximum absolute atomic E-state index is 12.1. The van der Waals surface area contributed by atoms with Crippen molar-refractivity contribution in [2.75, 3.05) is 50.5 Å². The smallest absolute Gasteiger partial charge is 0.245 e. The number of likely N-dealkylation sites (N-methyl/N-ethyl adjacent to an activating group) is 1. The fraction of sp³-hybridized carbons (Fsp3) is 0.606. The minimum Gasteiger partial charge on any atom is -0.398 e. The molecule has 2 aromatic rings. The number of rotatable bonds is 7. The van der Waals surface area contributed by atoms with E-state index in [1.165, 1.54) is 18.7 Å². The molecule has 1 amide bonds. The van der Waals surface area contributed by atoms with Crippen LogP contribution in [0.3, 0.4) is 0 Å². The van der Waals surface area contributed by atoms with Crippen LogP contribution in [0.15, 0.2) is 18.7 Å². The molecule has 3 aliphatic heterocycles. The third kappa shape index (κ3) is 4.37. The van der Waals surface area contributed by atoms with Gasteiger partial charge in [0, 0.05) is 70.9 Å². The summed E-state index contributed by atoms with van der Waals surface area (Å²) in [7, 11) is 2.27. The molecular weight excluding hydrogens is 562 g/mol. The molecular formula is C33H44ClN7O2. The quantitative estimate of drug-likeness (QED) is 0.262. The van der Waals surface area contributed by atoms with E-state index in [4.69, 9.17) is 32.6 Å². The van der Waals surface area contributed by atoms with E-state index in [1.807, 2.05) is 17.9 Å². The topological polar surface area (TPSA) is 104 Å². The molecule has 0 bridgehead atoms. The Hall–Kier alpha value is -2.88. The van der Waals surface area contributed by atoms with Gasteiger partial charge < -0.3 is 25.7 Å². The molecule has 0 radical (unpaired) electrons. The molecule has 1 unspecified atom stereocenters. The first-order chi connectivity index (χ1) is 20.6. The van der Waals surface area contributed by atoms with Gasteiger partial charge in [-0.2, -0.15) is 5.10 Å². The van der Waals surface area contributed by atoms with Gasteiger partial charge in [-0.25, -0.2) is 0 Å². The summed E-state index contributed by atoms with van der Waals surface area (Å²) in [5, 5.41) is 14.4. The monoisotopic (exact) mass is 605 g/mol. The van der Waals surface area contributed by atoms with Gasteiger partial charge in [0.25, 0.3) is 0 Å². The molecule has 5 fully saturated rings. The van der Waals surface area contributed by atoms with E-state index in [9.17, 15) is 4.79 Å². The average Bonchev–Trinajstić information content (AvgIpc) is 3.22. The lowest BCUT2D eigenvalue weighted by Gasteiger charge is -2.59. The van der Waals surface area contributed by atoms with E-state index in [0.717, 1.165) is 99.6 Å². The van der Waals surface area contributed by atoms with Crippen LogP contribution >= 0.6 is 11.6 Å². The van der Waals surface area contributed by atoms with E-state index in [1.54, 1.807) is 0 Å². The summed E-state index contributed by atoms with van der Waals surface area (Å²) >= 11 is 7.10. The van der Waals surface area contributed by atoms with E-state index in [-0.39, 0.29) is 22.9 Å². The molecule has 1 atom stereocenters. The molecule has 2 spiro atoms. The fourth-order valence-corrected chi connectivity index (χ4v) is 8.90. The van der Waals surface area contributed by atoms with Gasteiger partial charge in [0.2, 0.25) is 5.91 Å². The zero-order valence-corrected chi connectivity index (χ0v) is 26.4. The second-order valence-corrected chi connectivity index (χ2v) is 14.3. The molecule has 5 aliphatic rings. The van der Waals surface area contributed by atoms with Gasteiger partial charge in [-0.15, -0.1) is 0 Å². The molecule has 2 saturated carbocycles. The van der Waals surface area contributed by atoms with Gasteiger partial charge in [0.1, 0.15) is 0 Å². The highest BCUT2D eigenvalue weighted by atomic mass is 35.5. The highest BCUT2D eigenvalue weighted by molar-refractivity contribution is 6.35. The number of nitrogens with zero attached hydrogens (tertiary/aromatic N) is 5. The van der Waals surface area contributed by atoms with E-state index < -0.39 is 0 Å². The van der Waals surface area contributed by atoms with Gasteiger partial charge in [-0.1, -0.05) is 18.2 Å². The summed E-state index contributed by atoms with van der Waals surface area (Å²) in [5.41, 5.74) is 11.8. The van der Waals surface area contributed by atoms with Crippen LogP contribution in [0, 0.1) is 24.7 Å². The Labute approximate surface area is 259 Å². The number of ether oxygens (including phenoxy) is 1. The largest absolute Gasteiger partial charge is 0.398 e. The Bertz CT molecular complexity index is 1480. The van der Waals surface area contributed by atoms with Crippen LogP contribution in [-0.2, 0) is 9.53 Å². The summed E-state index contributed by atoms with van der Waals surface area (Å²) in [6, 6.07) is 3.17. The average molecular weight is 606 g/mol. The minimum absolute atomic E-state index is 0.0180. The number of amides is 1. The number of nitrogens with one attached hydrogen (secondary N) is 1. The highest BCUT2D eigenvalue weighted by Gasteiger charge is 2.55. The summed E-state index contributed by atoms with van der Waals surface area (Å²) in [6.07, 6.45) is 10.5. The number of aromatic nitrogens is 2. The van der Waals surface area contributed by atoms with Gasteiger partial charge in [0.05, 0.1) is 30.3 Å². The van der Waals surface area contributed by atoms with E-state index in [2.05, 4.69) is 35.0 Å². The molecule has 230 valence electrons. The van der Waals surface area contributed by atoms with Crippen molar-refractivity contribution in [3.05, 3.63) is 40.6 Å². The molecule has 1 aromatic heterocycles. The van der Waals surface area contributed by atoms with Crippen molar-refractivity contribution in [3.8, 4) is 11.1 Å². The number of hydrogen-bond acceptors (Lipinski definition) is 7. The van der Waals surface area contributed by atoms with Crippen LogP contribution < -0.4 is 10.6 Å². The number of nitrogen functional groups attached to an aromatic ring is 1. The van der Waals surface area contributed by atoms with Crippen molar-refractivity contribution >= 4 is 35.2 Å². The molecule has 4 heterocycles. The zero-order valence-electron chi connectivity index (χ0n) is 25.7. The number of aryl methyl sites for hydroxylation is 1. The molecule has 1 aromatic carbocycles. The maximum Gasteiger partial charge on any atom is 0.245 e. The third-order valence-corrected chi connectivity index (χ3v) is 11.9. The molecule has 2 aliphatic carbocycles. The molecule has 3 saturated heterocycles. The summed E-state index contributed by atoms with van der Waals surface area (Å²) in [5.74, 6) is 1.00. The molecule has 7 rings (SSSR count). The van der Waals surface area contributed by atoms with Gasteiger partial charge >= 0.3 is 0 Å². The Morgan fingerprint density at radius 3 is 2.51 bits per heavy atom. The van der Waals surface area contributed by atoms with Crippen molar-refractivity contribution in [2.24, 2.45) is 5.41 Å². The van der Waals surface area contributed by atoms with Gasteiger partial charge in [0.15, 0.2) is 5.82 Å². The Morgan fingerprint density at radius 2 is 1.93 bits per heavy atom. The SMILES string of the molecule is C=CC(=O)N1CC2(CC(n3nc(N4CCC(N(C)C5COC5)CC45CCC5)c(-c4c(Cl)c(C)cc(N)c4C=N)c3C)C2)C1. The van der Waals surface area contributed by atoms with Crippen LogP contribution in [-0.4, -0.2) is 89.2 Å². The number of likely N-dealkylation sites (tertiary alicyclic amines) is 1. The van der Waals surface area contributed by atoms with Crippen molar-refractivity contribution in [3.63, 3.8) is 0 Å². The predicted octanol–water partition coefficient (Wildman–Crippen LogP) is 4.97. The Kier molecular flexibility index (Phi) is 6.95. The lowest BCUT2D eigenvalue weighted by molar-refractivity contribution is -0.149. The number of piperidine rings is 1. The number of carbonyl (C=O) groups is 1. The number of benzene rings is 1. The standard InChI is InChI=1S/C33H44ClN7O2/c1-5-27(42)39-18-32(19-39)12-23(13-32)41-21(3)28(29-25(15-35)26(36)11-20(2)30(29)34)31(37-41)40-10-7-22(14-33(40)8-6-9-33)38(4)24-16-43-17-24/h5,11,15,22-24,35H,1,6-10,12-14,16-19,36H2,2-4H3. The molecule has 10 heteroatoms. The van der Waals surface area contributed by atoms with Gasteiger partial charge in [-0.3, -0.25) is 14.4 Å². The third-order valence-electron chi connectivity index (χ3n) is 11.5. The summed E-state index contributed by atoms with van der Waals surface area (Å²) < 4.78 is 7.75. The molecule has 3 N–H and O–H groups in total. The first kappa shape index (κ1) is 28.9. The number of nitrogens with two attached hydrogens (primary N) is 1. The minimum atomic E-state index is 0.0180. The Morgan fingerprint density at radius 1 is 1.21 bits per heavy atom. The maximum atomic E-state index is 12.1. The highest BCUT2D eigenvalue weighted by Crippen LogP contribution is 2.57. The van der Waals surface area contributed by atoms with Crippen LogP contribution in [0.5, 0.6) is 0 Å². The van der Waals surface area contributed by atoms with Crippen LogP contribution in [0.1, 0.15) is 67.8 Å². The van der Waals surface area contributed by atoms with Crippen molar-refractivity contribution in [1.29, 1.82) is 5.41 Å². The van der Waals surface area contributed by atoms with E-state index in [0.29, 0.717) is 28.4 Å².